The smallest absolute Gasteiger partial charge is 0.261 e. The van der Waals surface area contributed by atoms with Crippen molar-refractivity contribution in [1.82, 2.24) is 9.55 Å². The number of rotatable bonds is 3. The highest BCUT2D eigenvalue weighted by molar-refractivity contribution is 5.93. The van der Waals surface area contributed by atoms with Crippen LogP contribution in [0.3, 0.4) is 0 Å². The molecule has 0 fully saturated rings. The Morgan fingerprint density at radius 2 is 1.96 bits per heavy atom. The van der Waals surface area contributed by atoms with Gasteiger partial charge >= 0.3 is 0 Å². The number of aromatic nitrogens is 2. The van der Waals surface area contributed by atoms with Crippen molar-refractivity contribution in [2.45, 2.75) is 19.9 Å². The molecule has 23 heavy (non-hydrogen) atoms. The molecule has 0 radical (unpaired) electrons. The molecule has 0 aliphatic rings. The van der Waals surface area contributed by atoms with Gasteiger partial charge in [0.2, 0.25) is 5.91 Å². The lowest BCUT2D eigenvalue weighted by Gasteiger charge is -2.15. The summed E-state index contributed by atoms with van der Waals surface area (Å²) in [7, 11) is 0. The highest BCUT2D eigenvalue weighted by Crippen LogP contribution is 2.13. The fraction of sp³-hybridized carbons (Fsp3) is 0.167. The highest BCUT2D eigenvalue weighted by Gasteiger charge is 2.17. The van der Waals surface area contributed by atoms with Crippen LogP contribution in [0, 0.1) is 6.92 Å². The fourth-order valence-electron chi connectivity index (χ4n) is 2.45. The van der Waals surface area contributed by atoms with E-state index in [1.807, 2.05) is 37.3 Å². The Hall–Kier alpha value is -2.95. The van der Waals surface area contributed by atoms with Gasteiger partial charge in [-0.25, -0.2) is 4.98 Å². The van der Waals surface area contributed by atoms with E-state index >= 15 is 0 Å². The summed E-state index contributed by atoms with van der Waals surface area (Å²) in [6, 6.07) is 14.0. The van der Waals surface area contributed by atoms with E-state index in [2.05, 4.69) is 10.3 Å². The molecule has 0 spiro atoms. The average molecular weight is 307 g/mol. The summed E-state index contributed by atoms with van der Waals surface area (Å²) in [5, 5.41) is 3.33. The van der Waals surface area contributed by atoms with Gasteiger partial charge in [-0.2, -0.15) is 0 Å². The second-order valence-electron chi connectivity index (χ2n) is 5.51. The van der Waals surface area contributed by atoms with Gasteiger partial charge in [-0.1, -0.05) is 24.3 Å². The molecular formula is C18H17N3O2. The Morgan fingerprint density at radius 3 is 2.74 bits per heavy atom. The van der Waals surface area contributed by atoms with Gasteiger partial charge in [0, 0.05) is 5.69 Å². The molecule has 5 nitrogen and oxygen atoms in total. The molecular weight excluding hydrogens is 290 g/mol. The number of benzene rings is 2. The second-order valence-corrected chi connectivity index (χ2v) is 5.51. The first-order chi connectivity index (χ1) is 11.1. The van der Waals surface area contributed by atoms with Gasteiger partial charge in [0.05, 0.1) is 17.2 Å². The number of aryl methyl sites for hydroxylation is 1. The van der Waals surface area contributed by atoms with Gasteiger partial charge in [0.1, 0.15) is 6.04 Å². The lowest BCUT2D eigenvalue weighted by atomic mass is 10.2. The number of nitrogens with zero attached hydrogens (tertiary/aromatic N) is 2. The van der Waals surface area contributed by atoms with Crippen molar-refractivity contribution in [2.75, 3.05) is 5.32 Å². The number of fused-ring (bicyclic) bond motifs is 1. The van der Waals surface area contributed by atoms with Crippen LogP contribution in [0.4, 0.5) is 5.69 Å². The van der Waals surface area contributed by atoms with E-state index in [0.717, 1.165) is 5.56 Å². The predicted octanol–water partition coefficient (Wildman–Crippen LogP) is 2.90. The number of carbonyl (C=O) groups is 1. The van der Waals surface area contributed by atoms with Crippen molar-refractivity contribution in [3.05, 3.63) is 70.8 Å². The Balaban J connectivity index is 1.90. The summed E-state index contributed by atoms with van der Waals surface area (Å²) in [4.78, 5) is 29.2. The van der Waals surface area contributed by atoms with Gasteiger partial charge < -0.3 is 5.32 Å². The molecule has 0 aliphatic carbocycles. The molecule has 1 heterocycles. The van der Waals surface area contributed by atoms with Gasteiger partial charge in [-0.05, 0) is 43.7 Å². The Morgan fingerprint density at radius 1 is 1.17 bits per heavy atom. The third-order valence-corrected chi connectivity index (χ3v) is 3.77. The van der Waals surface area contributed by atoms with E-state index in [9.17, 15) is 9.59 Å². The Labute approximate surface area is 133 Å². The van der Waals surface area contributed by atoms with Crippen molar-refractivity contribution in [1.29, 1.82) is 0 Å². The summed E-state index contributed by atoms with van der Waals surface area (Å²) in [5.74, 6) is -0.255. The largest absolute Gasteiger partial charge is 0.324 e. The van der Waals surface area contributed by atoms with Crippen LogP contribution in [0.1, 0.15) is 18.5 Å². The van der Waals surface area contributed by atoms with E-state index in [-0.39, 0.29) is 11.5 Å². The average Bonchev–Trinajstić information content (AvgIpc) is 2.55. The summed E-state index contributed by atoms with van der Waals surface area (Å²) < 4.78 is 1.35. The van der Waals surface area contributed by atoms with E-state index in [4.69, 9.17) is 0 Å². The maximum absolute atomic E-state index is 12.5. The Kier molecular flexibility index (Phi) is 3.93. The number of hydrogen-bond donors (Lipinski definition) is 1. The van der Waals surface area contributed by atoms with Gasteiger partial charge in [0.15, 0.2) is 0 Å². The predicted molar refractivity (Wildman–Crippen MR) is 90.5 cm³/mol. The van der Waals surface area contributed by atoms with Crippen LogP contribution < -0.4 is 10.9 Å². The second kappa shape index (κ2) is 6.04. The molecule has 116 valence electrons. The van der Waals surface area contributed by atoms with E-state index in [1.54, 1.807) is 25.1 Å². The Bertz CT molecular complexity index is 931. The summed E-state index contributed by atoms with van der Waals surface area (Å²) in [5.41, 5.74) is 2.17. The van der Waals surface area contributed by atoms with Gasteiger partial charge in [-0.3, -0.25) is 14.2 Å². The number of carbonyl (C=O) groups excluding carboxylic acids is 1. The SMILES string of the molecule is Cc1cccc(NC(=O)[C@H](C)n2cnc3ccccc3c2=O)c1. The molecule has 1 aromatic heterocycles. The van der Waals surface area contributed by atoms with Crippen molar-refractivity contribution in [3.63, 3.8) is 0 Å². The minimum absolute atomic E-state index is 0.220. The molecule has 3 rings (SSSR count). The maximum Gasteiger partial charge on any atom is 0.261 e. The number of nitrogens with one attached hydrogen (secondary N) is 1. The van der Waals surface area contributed by atoms with Crippen molar-refractivity contribution >= 4 is 22.5 Å². The number of hydrogen-bond acceptors (Lipinski definition) is 3. The zero-order valence-electron chi connectivity index (χ0n) is 13.0. The third-order valence-electron chi connectivity index (χ3n) is 3.77. The molecule has 0 unspecified atom stereocenters. The molecule has 5 heteroatoms. The van der Waals surface area contributed by atoms with E-state index in [0.29, 0.717) is 16.6 Å². The molecule has 0 aliphatic heterocycles. The minimum Gasteiger partial charge on any atom is -0.324 e. The molecule has 1 N–H and O–H groups in total. The topological polar surface area (TPSA) is 64.0 Å². The molecule has 0 bridgehead atoms. The van der Waals surface area contributed by atoms with Crippen LogP contribution in [0.5, 0.6) is 0 Å². The molecule has 1 atom stereocenters. The lowest BCUT2D eigenvalue weighted by Crippen LogP contribution is -2.31. The summed E-state index contributed by atoms with van der Waals surface area (Å²) in [6.45, 7) is 3.64. The van der Waals surface area contributed by atoms with Crippen molar-refractivity contribution in [2.24, 2.45) is 0 Å². The first kappa shape index (κ1) is 15.0. The van der Waals surface area contributed by atoms with Crippen LogP contribution in [0.25, 0.3) is 10.9 Å². The standard InChI is InChI=1S/C18H17N3O2/c1-12-6-5-7-14(10-12)20-17(22)13(2)21-11-19-16-9-4-3-8-15(16)18(21)23/h3-11,13H,1-2H3,(H,20,22)/t13-/m0/s1. The highest BCUT2D eigenvalue weighted by atomic mass is 16.2. The van der Waals surface area contributed by atoms with Gasteiger partial charge in [0.25, 0.3) is 5.56 Å². The number of anilines is 1. The van der Waals surface area contributed by atoms with Crippen LogP contribution in [-0.4, -0.2) is 15.5 Å². The van der Waals surface area contributed by atoms with E-state index < -0.39 is 6.04 Å². The quantitative estimate of drug-likeness (QED) is 0.809. The molecule has 0 saturated carbocycles. The molecule has 3 aromatic rings. The normalized spacial score (nSPS) is 12.1. The monoisotopic (exact) mass is 307 g/mol. The van der Waals surface area contributed by atoms with Crippen molar-refractivity contribution in [3.8, 4) is 0 Å². The zero-order chi connectivity index (χ0) is 16.4. The summed E-state index contributed by atoms with van der Waals surface area (Å²) >= 11 is 0. The minimum atomic E-state index is -0.653. The molecule has 1 amide bonds. The zero-order valence-corrected chi connectivity index (χ0v) is 13.0. The number of amides is 1. The lowest BCUT2D eigenvalue weighted by molar-refractivity contribution is -0.118. The van der Waals surface area contributed by atoms with Gasteiger partial charge in [-0.15, -0.1) is 0 Å². The van der Waals surface area contributed by atoms with Crippen LogP contribution >= 0.6 is 0 Å². The first-order valence-electron chi connectivity index (χ1n) is 7.39. The third kappa shape index (κ3) is 2.99. The molecule has 0 saturated heterocycles. The fourth-order valence-corrected chi connectivity index (χ4v) is 2.45. The van der Waals surface area contributed by atoms with Crippen LogP contribution in [0.2, 0.25) is 0 Å². The summed E-state index contributed by atoms with van der Waals surface area (Å²) in [6.07, 6.45) is 1.42. The van der Waals surface area contributed by atoms with Crippen molar-refractivity contribution < 1.29 is 4.79 Å². The first-order valence-corrected chi connectivity index (χ1v) is 7.39. The number of para-hydroxylation sites is 1. The maximum atomic E-state index is 12.5. The molecule has 2 aromatic carbocycles. The van der Waals surface area contributed by atoms with Crippen LogP contribution in [0.15, 0.2) is 59.7 Å². The van der Waals surface area contributed by atoms with E-state index in [1.165, 1.54) is 10.9 Å². The van der Waals surface area contributed by atoms with Crippen LogP contribution in [-0.2, 0) is 4.79 Å².